The van der Waals surface area contributed by atoms with Gasteiger partial charge in [0, 0.05) is 14.1 Å². The predicted octanol–water partition coefficient (Wildman–Crippen LogP) is 0.943. The van der Waals surface area contributed by atoms with E-state index in [1.807, 2.05) is 14.1 Å². The highest BCUT2D eigenvalue weighted by Gasteiger charge is 1.95. The maximum absolute atomic E-state index is 7.50. The van der Waals surface area contributed by atoms with Crippen molar-refractivity contribution >= 4 is 11.9 Å². The summed E-state index contributed by atoms with van der Waals surface area (Å²) in [5.74, 6) is 3.50. The molecule has 2 N–H and O–H groups in total. The number of hydrogen-bond acceptors (Lipinski definition) is 2. The third-order valence-electron chi connectivity index (χ3n) is 1.63. The van der Waals surface area contributed by atoms with Gasteiger partial charge in [0.15, 0.2) is 0 Å². The molecule has 4 heteroatoms. The standard InChI is InChI=1S/C10H12N4/c1-4-8-7-12-10(13-8)6-5-9(11)14(2)3/h1,5-7,11H,2-3H3,(H,12,13)/b6-5-,11-9?. The first-order valence-corrected chi connectivity index (χ1v) is 4.09. The number of aromatic nitrogens is 2. The molecule has 0 aromatic carbocycles. The maximum atomic E-state index is 7.50. The Morgan fingerprint density at radius 1 is 1.71 bits per heavy atom. The number of likely N-dealkylation sites (N-methyl/N-ethyl adjacent to an activating group) is 1. The molecule has 0 atom stereocenters. The molecule has 1 aromatic rings. The van der Waals surface area contributed by atoms with Crippen molar-refractivity contribution in [3.05, 3.63) is 23.8 Å². The molecule has 1 rings (SSSR count). The SMILES string of the molecule is C#Cc1cnc(/C=C\C(=N)N(C)C)[nH]1. The first-order chi connectivity index (χ1) is 6.63. The van der Waals surface area contributed by atoms with Crippen molar-refractivity contribution in [2.75, 3.05) is 14.1 Å². The van der Waals surface area contributed by atoms with E-state index in [1.165, 1.54) is 0 Å². The molecule has 0 saturated carbocycles. The zero-order valence-corrected chi connectivity index (χ0v) is 8.20. The molecular weight excluding hydrogens is 176 g/mol. The molecule has 0 spiro atoms. The van der Waals surface area contributed by atoms with Crippen LogP contribution in [0, 0.1) is 17.8 Å². The van der Waals surface area contributed by atoms with Gasteiger partial charge in [-0.2, -0.15) is 0 Å². The summed E-state index contributed by atoms with van der Waals surface area (Å²) in [7, 11) is 3.61. The third-order valence-corrected chi connectivity index (χ3v) is 1.63. The molecular formula is C10H12N4. The van der Waals surface area contributed by atoms with Gasteiger partial charge < -0.3 is 9.88 Å². The van der Waals surface area contributed by atoms with E-state index in [0.717, 1.165) is 0 Å². The number of nitrogens with one attached hydrogen (secondary N) is 2. The number of aromatic amines is 1. The van der Waals surface area contributed by atoms with Crippen molar-refractivity contribution < 1.29 is 0 Å². The highest BCUT2D eigenvalue weighted by molar-refractivity contribution is 5.93. The second kappa shape index (κ2) is 4.28. The van der Waals surface area contributed by atoms with Crippen LogP contribution in [0.3, 0.4) is 0 Å². The van der Waals surface area contributed by atoms with Gasteiger partial charge in [0.05, 0.1) is 6.20 Å². The van der Waals surface area contributed by atoms with Crippen molar-refractivity contribution in [2.45, 2.75) is 0 Å². The highest BCUT2D eigenvalue weighted by atomic mass is 15.1. The summed E-state index contributed by atoms with van der Waals surface area (Å²) in [6.45, 7) is 0. The fraction of sp³-hybridized carbons (Fsp3) is 0.200. The summed E-state index contributed by atoms with van der Waals surface area (Å²) in [5.41, 5.74) is 0.640. The number of terminal acetylenes is 1. The van der Waals surface area contributed by atoms with Crippen molar-refractivity contribution in [1.29, 1.82) is 5.41 Å². The van der Waals surface area contributed by atoms with Gasteiger partial charge >= 0.3 is 0 Å². The van der Waals surface area contributed by atoms with Gasteiger partial charge in [0.25, 0.3) is 0 Å². The van der Waals surface area contributed by atoms with Crippen LogP contribution in [0.4, 0.5) is 0 Å². The predicted molar refractivity (Wildman–Crippen MR) is 57.0 cm³/mol. The van der Waals surface area contributed by atoms with E-state index in [1.54, 1.807) is 23.2 Å². The minimum atomic E-state index is 0.406. The normalized spacial score (nSPS) is 10.1. The van der Waals surface area contributed by atoms with Gasteiger partial charge in [-0.1, -0.05) is 5.92 Å². The Morgan fingerprint density at radius 3 is 2.93 bits per heavy atom. The monoisotopic (exact) mass is 188 g/mol. The number of hydrogen-bond donors (Lipinski definition) is 2. The molecule has 1 aromatic heterocycles. The number of rotatable bonds is 2. The van der Waals surface area contributed by atoms with Crippen LogP contribution in [-0.4, -0.2) is 34.8 Å². The van der Waals surface area contributed by atoms with E-state index < -0.39 is 0 Å². The minimum absolute atomic E-state index is 0.406. The molecule has 1 heterocycles. The Hall–Kier alpha value is -2.02. The lowest BCUT2D eigenvalue weighted by Crippen LogP contribution is -2.17. The van der Waals surface area contributed by atoms with E-state index in [-0.39, 0.29) is 0 Å². The topological polar surface area (TPSA) is 55.8 Å². The van der Waals surface area contributed by atoms with Crippen LogP contribution in [0.15, 0.2) is 12.3 Å². The van der Waals surface area contributed by atoms with Crippen molar-refractivity contribution in [3.63, 3.8) is 0 Å². The molecule has 14 heavy (non-hydrogen) atoms. The average Bonchev–Trinajstić information content (AvgIpc) is 2.61. The van der Waals surface area contributed by atoms with Crippen LogP contribution >= 0.6 is 0 Å². The second-order valence-electron chi connectivity index (χ2n) is 2.94. The van der Waals surface area contributed by atoms with Gasteiger partial charge in [-0.25, -0.2) is 4.98 Å². The number of H-pyrrole nitrogens is 1. The van der Waals surface area contributed by atoms with Gasteiger partial charge in [0.1, 0.15) is 17.4 Å². The maximum Gasteiger partial charge on any atom is 0.131 e. The lowest BCUT2D eigenvalue weighted by atomic mass is 10.4. The number of imidazole rings is 1. The molecule has 0 aliphatic rings. The fourth-order valence-corrected chi connectivity index (χ4v) is 0.802. The minimum Gasteiger partial charge on any atom is -0.363 e. The highest BCUT2D eigenvalue weighted by Crippen LogP contribution is 1.98. The zero-order chi connectivity index (χ0) is 10.6. The van der Waals surface area contributed by atoms with Crippen LogP contribution in [-0.2, 0) is 0 Å². The van der Waals surface area contributed by atoms with Gasteiger partial charge in [-0.05, 0) is 12.2 Å². The molecule has 0 amide bonds. The Labute approximate surface area is 83.2 Å². The largest absolute Gasteiger partial charge is 0.363 e. The van der Waals surface area contributed by atoms with E-state index in [0.29, 0.717) is 17.4 Å². The lowest BCUT2D eigenvalue weighted by molar-refractivity contribution is 0.622. The molecule has 4 nitrogen and oxygen atoms in total. The first kappa shape index (κ1) is 10.1. The zero-order valence-electron chi connectivity index (χ0n) is 8.20. The third kappa shape index (κ3) is 2.49. The molecule has 0 aliphatic carbocycles. The van der Waals surface area contributed by atoms with Crippen LogP contribution < -0.4 is 0 Å². The summed E-state index contributed by atoms with van der Waals surface area (Å²) >= 11 is 0. The molecule has 0 bridgehead atoms. The summed E-state index contributed by atoms with van der Waals surface area (Å²) in [5, 5.41) is 7.50. The van der Waals surface area contributed by atoms with E-state index in [9.17, 15) is 0 Å². The fourth-order valence-electron chi connectivity index (χ4n) is 0.802. The van der Waals surface area contributed by atoms with Crippen LogP contribution in [0.1, 0.15) is 11.5 Å². The Morgan fingerprint density at radius 2 is 2.43 bits per heavy atom. The van der Waals surface area contributed by atoms with Crippen molar-refractivity contribution in [3.8, 4) is 12.3 Å². The lowest BCUT2D eigenvalue weighted by Gasteiger charge is -2.08. The quantitative estimate of drug-likeness (QED) is 0.412. The second-order valence-corrected chi connectivity index (χ2v) is 2.94. The Kier molecular flexibility index (Phi) is 3.08. The Bertz CT molecular complexity index is 392. The van der Waals surface area contributed by atoms with Gasteiger partial charge in [0.2, 0.25) is 0 Å². The summed E-state index contributed by atoms with van der Waals surface area (Å²) in [6, 6.07) is 0. The molecule has 0 unspecified atom stereocenters. The molecule has 72 valence electrons. The van der Waals surface area contributed by atoms with Crippen molar-refractivity contribution in [2.24, 2.45) is 0 Å². The van der Waals surface area contributed by atoms with E-state index >= 15 is 0 Å². The summed E-state index contributed by atoms with van der Waals surface area (Å²) in [4.78, 5) is 8.62. The molecule has 0 aliphatic heterocycles. The van der Waals surface area contributed by atoms with Gasteiger partial charge in [-0.15, -0.1) is 6.42 Å². The van der Waals surface area contributed by atoms with Crippen LogP contribution in [0.5, 0.6) is 0 Å². The molecule has 0 saturated heterocycles. The van der Waals surface area contributed by atoms with Gasteiger partial charge in [-0.3, -0.25) is 5.41 Å². The van der Waals surface area contributed by atoms with Crippen LogP contribution in [0.2, 0.25) is 0 Å². The molecule has 0 radical (unpaired) electrons. The average molecular weight is 188 g/mol. The number of nitrogens with zero attached hydrogens (tertiary/aromatic N) is 2. The Balaban J connectivity index is 2.70. The van der Waals surface area contributed by atoms with Crippen LogP contribution in [0.25, 0.3) is 6.08 Å². The summed E-state index contributed by atoms with van der Waals surface area (Å²) < 4.78 is 0. The molecule has 0 fully saturated rings. The summed E-state index contributed by atoms with van der Waals surface area (Å²) in [6.07, 6.45) is 10.1. The smallest absolute Gasteiger partial charge is 0.131 e. The first-order valence-electron chi connectivity index (χ1n) is 4.09. The van der Waals surface area contributed by atoms with Crippen molar-refractivity contribution in [1.82, 2.24) is 14.9 Å². The van der Waals surface area contributed by atoms with E-state index in [4.69, 9.17) is 11.8 Å². The van der Waals surface area contributed by atoms with E-state index in [2.05, 4.69) is 15.9 Å². The number of amidine groups is 1.